The smallest absolute Gasteiger partial charge is 0.319 e. The van der Waals surface area contributed by atoms with Crippen LogP contribution in [0.4, 0.5) is 11.5 Å². The SMILES string of the molecule is C=CC(=O)N1CCN(c2cc(C(=O)N3c4ccccc4CCC3C)nc(OC[C@@H]3CCCN3C)n2)CC1. The van der Waals surface area contributed by atoms with E-state index in [1.807, 2.05) is 23.1 Å². The molecule has 0 aliphatic carbocycles. The number of hydrogen-bond acceptors (Lipinski definition) is 7. The van der Waals surface area contributed by atoms with Crippen molar-refractivity contribution in [3.8, 4) is 6.01 Å². The zero-order valence-electron chi connectivity index (χ0n) is 21.8. The lowest BCUT2D eigenvalue weighted by Gasteiger charge is -2.36. The summed E-state index contributed by atoms with van der Waals surface area (Å²) in [5, 5.41) is 0. The van der Waals surface area contributed by atoms with Crippen LogP contribution in [0.5, 0.6) is 6.01 Å². The van der Waals surface area contributed by atoms with Gasteiger partial charge in [-0.15, -0.1) is 0 Å². The highest BCUT2D eigenvalue weighted by atomic mass is 16.5. The average molecular weight is 505 g/mol. The van der Waals surface area contributed by atoms with E-state index in [0.29, 0.717) is 50.3 Å². The summed E-state index contributed by atoms with van der Waals surface area (Å²) in [4.78, 5) is 43.3. The van der Waals surface area contributed by atoms with Gasteiger partial charge in [0.15, 0.2) is 0 Å². The number of aromatic nitrogens is 2. The van der Waals surface area contributed by atoms with Crippen LogP contribution in [0.2, 0.25) is 0 Å². The number of carbonyl (C=O) groups excluding carboxylic acids is 2. The number of anilines is 2. The second kappa shape index (κ2) is 10.9. The summed E-state index contributed by atoms with van der Waals surface area (Å²) in [5.41, 5.74) is 2.44. The van der Waals surface area contributed by atoms with Crippen molar-refractivity contribution in [2.75, 3.05) is 56.2 Å². The first-order valence-electron chi connectivity index (χ1n) is 13.2. The summed E-state index contributed by atoms with van der Waals surface area (Å²) in [6.45, 7) is 9.57. The molecule has 0 N–H and O–H groups in total. The summed E-state index contributed by atoms with van der Waals surface area (Å²) in [6.07, 6.45) is 5.42. The molecule has 2 fully saturated rings. The van der Waals surface area contributed by atoms with Crippen molar-refractivity contribution in [3.63, 3.8) is 0 Å². The largest absolute Gasteiger partial charge is 0.462 e. The normalized spacial score (nSPS) is 22.1. The average Bonchev–Trinajstić information content (AvgIpc) is 3.35. The van der Waals surface area contributed by atoms with Gasteiger partial charge in [0.25, 0.3) is 5.91 Å². The van der Waals surface area contributed by atoms with Gasteiger partial charge in [0, 0.05) is 50.0 Å². The molecule has 4 heterocycles. The lowest BCUT2D eigenvalue weighted by atomic mass is 9.96. The van der Waals surface area contributed by atoms with Crippen molar-refractivity contribution in [1.82, 2.24) is 19.8 Å². The van der Waals surface area contributed by atoms with Crippen molar-refractivity contribution in [2.45, 2.75) is 44.7 Å². The topological polar surface area (TPSA) is 82.1 Å². The van der Waals surface area contributed by atoms with Crippen LogP contribution in [0.25, 0.3) is 0 Å². The van der Waals surface area contributed by atoms with E-state index in [4.69, 9.17) is 9.72 Å². The molecule has 0 bridgehead atoms. The fraction of sp³-hybridized carbons (Fsp3) is 0.500. The third kappa shape index (κ3) is 5.32. The van der Waals surface area contributed by atoms with Gasteiger partial charge >= 0.3 is 6.01 Å². The van der Waals surface area contributed by atoms with Gasteiger partial charge in [-0.1, -0.05) is 24.8 Å². The maximum atomic E-state index is 13.9. The molecule has 37 heavy (non-hydrogen) atoms. The molecule has 2 atom stereocenters. The van der Waals surface area contributed by atoms with Crippen LogP contribution in [-0.2, 0) is 11.2 Å². The van der Waals surface area contributed by atoms with E-state index >= 15 is 0 Å². The molecule has 196 valence electrons. The third-order valence-corrected chi connectivity index (χ3v) is 7.82. The van der Waals surface area contributed by atoms with E-state index in [9.17, 15) is 9.59 Å². The van der Waals surface area contributed by atoms with E-state index in [2.05, 4.69) is 41.4 Å². The number of fused-ring (bicyclic) bond motifs is 1. The number of likely N-dealkylation sites (N-methyl/N-ethyl adjacent to an activating group) is 1. The quantitative estimate of drug-likeness (QED) is 0.560. The van der Waals surface area contributed by atoms with Crippen LogP contribution in [0, 0.1) is 0 Å². The fourth-order valence-corrected chi connectivity index (χ4v) is 5.52. The van der Waals surface area contributed by atoms with Crippen molar-refractivity contribution in [3.05, 3.63) is 54.2 Å². The number of para-hydroxylation sites is 1. The zero-order chi connectivity index (χ0) is 25.9. The Morgan fingerprint density at radius 1 is 1.11 bits per heavy atom. The summed E-state index contributed by atoms with van der Waals surface area (Å²) in [5.74, 6) is 0.434. The lowest BCUT2D eigenvalue weighted by Crippen LogP contribution is -2.48. The van der Waals surface area contributed by atoms with Gasteiger partial charge in [-0.25, -0.2) is 0 Å². The van der Waals surface area contributed by atoms with E-state index in [1.165, 1.54) is 11.6 Å². The van der Waals surface area contributed by atoms with Gasteiger partial charge in [0.2, 0.25) is 5.91 Å². The lowest BCUT2D eigenvalue weighted by molar-refractivity contribution is -0.126. The van der Waals surface area contributed by atoms with Crippen molar-refractivity contribution in [1.29, 1.82) is 0 Å². The number of piperazine rings is 1. The van der Waals surface area contributed by atoms with Crippen molar-refractivity contribution >= 4 is 23.3 Å². The van der Waals surface area contributed by atoms with E-state index < -0.39 is 0 Å². The number of carbonyl (C=O) groups is 2. The molecule has 0 spiro atoms. The predicted octanol–water partition coefficient (Wildman–Crippen LogP) is 2.77. The highest BCUT2D eigenvalue weighted by Gasteiger charge is 2.31. The molecule has 3 aliphatic heterocycles. The Kier molecular flexibility index (Phi) is 7.41. The maximum absolute atomic E-state index is 13.9. The summed E-state index contributed by atoms with van der Waals surface area (Å²) >= 11 is 0. The molecule has 3 aliphatic rings. The van der Waals surface area contributed by atoms with Gasteiger partial charge in [-0.05, 0) is 63.9 Å². The number of ether oxygens (including phenoxy) is 1. The minimum Gasteiger partial charge on any atom is -0.462 e. The first-order chi connectivity index (χ1) is 17.9. The molecule has 9 nitrogen and oxygen atoms in total. The van der Waals surface area contributed by atoms with Gasteiger partial charge < -0.3 is 24.3 Å². The van der Waals surface area contributed by atoms with Crippen LogP contribution in [0.1, 0.15) is 42.2 Å². The molecule has 2 aromatic rings. The number of nitrogens with zero attached hydrogens (tertiary/aromatic N) is 6. The molecule has 1 unspecified atom stereocenters. The molecule has 0 radical (unpaired) electrons. The third-order valence-electron chi connectivity index (χ3n) is 7.82. The molecule has 1 aromatic carbocycles. The molecular formula is C28H36N6O3. The Balaban J connectivity index is 1.43. The standard InChI is InChI=1S/C28H36N6O3/c1-4-26(35)33-16-14-32(15-17-33)25-18-23(29-28(30-25)37-19-22-9-7-13-31(22)3)27(36)34-20(2)11-12-21-8-5-6-10-24(21)34/h4-6,8,10,18,20,22H,1,7,9,11-17,19H2,2-3H3/t20?,22-/m0/s1. The van der Waals surface area contributed by atoms with Crippen LogP contribution in [0.3, 0.4) is 0 Å². The first-order valence-corrected chi connectivity index (χ1v) is 13.2. The minimum atomic E-state index is -0.147. The van der Waals surface area contributed by atoms with Crippen LogP contribution < -0.4 is 14.5 Å². The Hall–Kier alpha value is -3.46. The van der Waals surface area contributed by atoms with Gasteiger partial charge in [-0.2, -0.15) is 9.97 Å². The van der Waals surface area contributed by atoms with Crippen LogP contribution in [0.15, 0.2) is 43.0 Å². The Labute approximate surface area is 218 Å². The number of hydrogen-bond donors (Lipinski definition) is 0. The van der Waals surface area contributed by atoms with Crippen LogP contribution in [-0.4, -0.2) is 90.0 Å². The zero-order valence-corrected chi connectivity index (χ0v) is 21.8. The summed E-state index contributed by atoms with van der Waals surface area (Å²) in [6, 6.07) is 10.5. The minimum absolute atomic E-state index is 0.0609. The number of rotatable bonds is 6. The Bertz CT molecular complexity index is 1160. The monoisotopic (exact) mass is 504 g/mol. The maximum Gasteiger partial charge on any atom is 0.319 e. The highest BCUT2D eigenvalue weighted by molar-refractivity contribution is 6.06. The summed E-state index contributed by atoms with van der Waals surface area (Å²) < 4.78 is 6.10. The summed E-state index contributed by atoms with van der Waals surface area (Å²) in [7, 11) is 2.10. The second-order valence-corrected chi connectivity index (χ2v) is 10.2. The Morgan fingerprint density at radius 3 is 2.62 bits per heavy atom. The molecule has 9 heteroatoms. The molecular weight excluding hydrogens is 468 g/mol. The molecule has 2 amide bonds. The predicted molar refractivity (Wildman–Crippen MR) is 143 cm³/mol. The number of amides is 2. The van der Waals surface area contributed by atoms with E-state index in [1.54, 1.807) is 11.0 Å². The second-order valence-electron chi connectivity index (χ2n) is 10.2. The number of likely N-dealkylation sites (tertiary alicyclic amines) is 1. The first kappa shape index (κ1) is 25.2. The number of benzene rings is 1. The Morgan fingerprint density at radius 2 is 1.89 bits per heavy atom. The fourth-order valence-electron chi connectivity index (χ4n) is 5.52. The van der Waals surface area contributed by atoms with Crippen molar-refractivity contribution in [2.24, 2.45) is 0 Å². The van der Waals surface area contributed by atoms with Crippen LogP contribution >= 0.6 is 0 Å². The highest BCUT2D eigenvalue weighted by Crippen LogP contribution is 2.32. The molecule has 5 rings (SSSR count). The molecule has 2 saturated heterocycles. The molecule has 0 saturated carbocycles. The van der Waals surface area contributed by atoms with Crippen molar-refractivity contribution < 1.29 is 14.3 Å². The van der Waals surface area contributed by atoms with Gasteiger partial charge in [-0.3, -0.25) is 9.59 Å². The van der Waals surface area contributed by atoms with E-state index in [0.717, 1.165) is 37.9 Å². The van der Waals surface area contributed by atoms with E-state index in [-0.39, 0.29) is 23.9 Å². The van der Waals surface area contributed by atoms with Gasteiger partial charge in [0.1, 0.15) is 18.1 Å². The number of aryl methyl sites for hydroxylation is 1. The van der Waals surface area contributed by atoms with Gasteiger partial charge in [0.05, 0.1) is 0 Å². The molecule has 1 aromatic heterocycles.